The molecule has 0 amide bonds. The predicted molar refractivity (Wildman–Crippen MR) is 72.1 cm³/mol. The van der Waals surface area contributed by atoms with Crippen molar-refractivity contribution in [3.8, 4) is 0 Å². The monoisotopic (exact) mass is 378 g/mol. The number of anilines is 1. The highest BCUT2D eigenvalue weighted by Crippen LogP contribution is 2.28. The first-order valence-electron chi connectivity index (χ1n) is 5.14. The lowest BCUT2D eigenvalue weighted by atomic mass is 10.2. The minimum absolute atomic E-state index is 0.0683. The molecule has 0 fully saturated rings. The molecule has 0 unspecified atom stereocenters. The lowest BCUT2D eigenvalue weighted by Crippen LogP contribution is -2.04. The molecule has 0 aliphatic rings. The van der Waals surface area contributed by atoms with Crippen LogP contribution < -0.4 is 5.32 Å². The predicted octanol–water partition coefficient (Wildman–Crippen LogP) is 2.64. The highest BCUT2D eigenvalue weighted by Gasteiger charge is 2.18. The molecule has 2 aromatic rings. The maximum atomic E-state index is 13.4. The van der Waals surface area contributed by atoms with Gasteiger partial charge in [0.1, 0.15) is 11.5 Å². The van der Waals surface area contributed by atoms with E-state index in [1.807, 2.05) is 0 Å². The number of nitrogens with one attached hydrogen (secondary N) is 1. The topological polar surface area (TPSA) is 94.1 Å². The Morgan fingerprint density at radius 1 is 1.58 bits per heavy atom. The highest BCUT2D eigenvalue weighted by molar-refractivity contribution is 14.1. The molecule has 0 atom stereocenters. The Labute approximate surface area is 120 Å². The first-order valence-corrected chi connectivity index (χ1v) is 6.21. The van der Waals surface area contributed by atoms with Crippen molar-refractivity contribution in [2.24, 2.45) is 0 Å². The summed E-state index contributed by atoms with van der Waals surface area (Å²) in [5.74, 6) is 0.196. The summed E-state index contributed by atoms with van der Waals surface area (Å²) >= 11 is 1.70. The van der Waals surface area contributed by atoms with Crippen molar-refractivity contribution in [2.75, 3.05) is 5.32 Å². The molecule has 0 bridgehead atoms. The van der Waals surface area contributed by atoms with Gasteiger partial charge in [0.25, 0.3) is 5.69 Å². The average Bonchev–Trinajstić information content (AvgIpc) is 2.76. The van der Waals surface area contributed by atoms with Gasteiger partial charge in [0.15, 0.2) is 5.82 Å². The lowest BCUT2D eigenvalue weighted by molar-refractivity contribution is -0.384. The average molecular weight is 378 g/mol. The van der Waals surface area contributed by atoms with Crippen LogP contribution in [0.4, 0.5) is 15.8 Å². The summed E-state index contributed by atoms with van der Waals surface area (Å²) in [6, 6.07) is 2.24. The van der Waals surface area contributed by atoms with Gasteiger partial charge in [-0.25, -0.2) is 4.39 Å². The molecule has 9 heteroatoms. The molecule has 100 valence electrons. The van der Waals surface area contributed by atoms with Gasteiger partial charge in [-0.15, -0.1) is 0 Å². The van der Waals surface area contributed by atoms with Crippen LogP contribution in [0, 0.1) is 26.4 Å². The first kappa shape index (κ1) is 13.6. The number of nitro benzene ring substituents is 1. The molecule has 1 heterocycles. The van der Waals surface area contributed by atoms with Gasteiger partial charge >= 0.3 is 0 Å². The molecular formula is C10H8FIN4O3. The maximum absolute atomic E-state index is 13.4. The molecule has 0 aliphatic heterocycles. The first-order chi connectivity index (χ1) is 8.97. The number of hydrogen-bond acceptors (Lipinski definition) is 6. The van der Waals surface area contributed by atoms with E-state index in [9.17, 15) is 14.5 Å². The van der Waals surface area contributed by atoms with Gasteiger partial charge in [-0.2, -0.15) is 4.98 Å². The zero-order chi connectivity index (χ0) is 14.0. The van der Waals surface area contributed by atoms with Crippen LogP contribution in [0.15, 0.2) is 16.7 Å². The number of aromatic nitrogens is 2. The van der Waals surface area contributed by atoms with Crippen molar-refractivity contribution >= 4 is 34.0 Å². The molecular weight excluding hydrogens is 370 g/mol. The number of rotatable bonds is 4. The van der Waals surface area contributed by atoms with Crippen LogP contribution >= 0.6 is 22.6 Å². The Kier molecular flexibility index (Phi) is 3.93. The summed E-state index contributed by atoms with van der Waals surface area (Å²) in [7, 11) is 0. The van der Waals surface area contributed by atoms with Gasteiger partial charge in [0.2, 0.25) is 5.89 Å². The Bertz CT molecular complexity index is 631. The zero-order valence-corrected chi connectivity index (χ0v) is 11.8. The van der Waals surface area contributed by atoms with Crippen LogP contribution in [0.2, 0.25) is 0 Å². The van der Waals surface area contributed by atoms with Crippen molar-refractivity contribution in [2.45, 2.75) is 13.5 Å². The Morgan fingerprint density at radius 3 is 2.89 bits per heavy atom. The minimum atomic E-state index is -0.580. The van der Waals surface area contributed by atoms with Gasteiger partial charge in [-0.3, -0.25) is 10.1 Å². The van der Waals surface area contributed by atoms with E-state index in [2.05, 4.69) is 15.5 Å². The van der Waals surface area contributed by atoms with Crippen molar-refractivity contribution in [3.05, 3.63) is 43.3 Å². The quantitative estimate of drug-likeness (QED) is 0.500. The van der Waals surface area contributed by atoms with E-state index in [1.165, 1.54) is 0 Å². The molecule has 1 N–H and O–H groups in total. The van der Waals surface area contributed by atoms with Crippen LogP contribution in [0.1, 0.15) is 11.7 Å². The van der Waals surface area contributed by atoms with Crippen molar-refractivity contribution in [3.63, 3.8) is 0 Å². The van der Waals surface area contributed by atoms with Gasteiger partial charge in [0, 0.05) is 12.1 Å². The standard InChI is InChI=1S/C10H8FIN4O3/c1-5-14-10(19-15-5)4-13-8-2-6(11)7(12)3-9(8)16(17)18/h2-3,13H,4H2,1H3. The van der Waals surface area contributed by atoms with E-state index in [-0.39, 0.29) is 27.4 Å². The SMILES string of the molecule is Cc1noc(CNc2cc(F)c(I)cc2[N+](=O)[O-])n1. The van der Waals surface area contributed by atoms with Crippen molar-refractivity contribution in [1.82, 2.24) is 10.1 Å². The van der Waals surface area contributed by atoms with Crippen LogP contribution in [0.25, 0.3) is 0 Å². The molecule has 0 aliphatic carbocycles. The van der Waals surface area contributed by atoms with Gasteiger partial charge < -0.3 is 9.84 Å². The second kappa shape index (κ2) is 5.47. The summed E-state index contributed by atoms with van der Waals surface area (Å²) in [5.41, 5.74) is -0.138. The smallest absolute Gasteiger partial charge is 0.293 e. The lowest BCUT2D eigenvalue weighted by Gasteiger charge is -2.05. The van der Waals surface area contributed by atoms with Crippen LogP contribution in [-0.2, 0) is 6.54 Å². The van der Waals surface area contributed by atoms with Crippen molar-refractivity contribution < 1.29 is 13.8 Å². The third-order valence-electron chi connectivity index (χ3n) is 2.24. The summed E-state index contributed by atoms with van der Waals surface area (Å²) in [6.07, 6.45) is 0. The van der Waals surface area contributed by atoms with E-state index < -0.39 is 10.7 Å². The molecule has 0 spiro atoms. The molecule has 2 rings (SSSR count). The molecule has 0 saturated carbocycles. The van der Waals surface area contributed by atoms with E-state index in [4.69, 9.17) is 4.52 Å². The van der Waals surface area contributed by atoms with Crippen LogP contribution in [0.3, 0.4) is 0 Å². The normalized spacial score (nSPS) is 10.5. The van der Waals surface area contributed by atoms with Gasteiger partial charge in [-0.1, -0.05) is 5.16 Å². The maximum Gasteiger partial charge on any atom is 0.293 e. The fourth-order valence-electron chi connectivity index (χ4n) is 1.41. The van der Waals surface area contributed by atoms with Crippen LogP contribution in [0.5, 0.6) is 0 Å². The van der Waals surface area contributed by atoms with E-state index in [0.29, 0.717) is 5.82 Å². The number of nitrogens with zero attached hydrogens (tertiary/aromatic N) is 3. The third kappa shape index (κ3) is 3.16. The molecule has 7 nitrogen and oxygen atoms in total. The second-order valence-electron chi connectivity index (χ2n) is 3.63. The van der Waals surface area contributed by atoms with Gasteiger partial charge in [-0.05, 0) is 29.5 Å². The number of benzene rings is 1. The number of nitro groups is 1. The summed E-state index contributed by atoms with van der Waals surface area (Å²) in [5, 5.41) is 17.2. The van der Waals surface area contributed by atoms with Gasteiger partial charge in [0.05, 0.1) is 15.0 Å². The van der Waals surface area contributed by atoms with Crippen molar-refractivity contribution in [1.29, 1.82) is 0 Å². The third-order valence-corrected chi connectivity index (χ3v) is 3.06. The fourth-order valence-corrected chi connectivity index (χ4v) is 1.86. The zero-order valence-electron chi connectivity index (χ0n) is 9.68. The van der Waals surface area contributed by atoms with E-state index in [0.717, 1.165) is 12.1 Å². The fraction of sp³-hybridized carbons (Fsp3) is 0.200. The Hall–Kier alpha value is -1.78. The molecule has 1 aromatic carbocycles. The highest BCUT2D eigenvalue weighted by atomic mass is 127. The number of aryl methyl sites for hydroxylation is 1. The Morgan fingerprint density at radius 2 is 2.32 bits per heavy atom. The largest absolute Gasteiger partial charge is 0.370 e. The number of hydrogen-bond donors (Lipinski definition) is 1. The molecule has 1 aromatic heterocycles. The van der Waals surface area contributed by atoms with E-state index in [1.54, 1.807) is 29.5 Å². The Balaban J connectivity index is 2.23. The second-order valence-corrected chi connectivity index (χ2v) is 4.79. The molecule has 0 saturated heterocycles. The van der Waals surface area contributed by atoms with E-state index >= 15 is 0 Å². The summed E-state index contributed by atoms with van der Waals surface area (Å²) in [6.45, 7) is 1.74. The van der Waals surface area contributed by atoms with Crippen LogP contribution in [-0.4, -0.2) is 15.1 Å². The summed E-state index contributed by atoms with van der Waals surface area (Å²) in [4.78, 5) is 14.2. The molecule has 0 radical (unpaired) electrons. The minimum Gasteiger partial charge on any atom is -0.370 e. The number of halogens is 2. The molecule has 19 heavy (non-hydrogen) atoms. The summed E-state index contributed by atoms with van der Waals surface area (Å²) < 4.78 is 18.5.